The number of aromatic nitrogens is 2. The molecule has 9 heteroatoms. The molecule has 1 aromatic carbocycles. The number of aliphatic hydroxyl groups is 1. The van der Waals surface area contributed by atoms with Crippen molar-refractivity contribution in [1.82, 2.24) is 15.2 Å². The van der Waals surface area contributed by atoms with E-state index < -0.39 is 12.3 Å². The van der Waals surface area contributed by atoms with E-state index in [-0.39, 0.29) is 11.1 Å². The van der Waals surface area contributed by atoms with Crippen LogP contribution in [0.5, 0.6) is 0 Å². The Balaban J connectivity index is 1.54. The van der Waals surface area contributed by atoms with Gasteiger partial charge in [-0.05, 0) is 53.9 Å². The molecule has 2 aromatic rings. The zero-order valence-corrected chi connectivity index (χ0v) is 13.5. The van der Waals surface area contributed by atoms with E-state index in [1.165, 1.54) is 25.0 Å². The Labute approximate surface area is 142 Å². The number of hydrogen-bond acceptors (Lipinski definition) is 6. The van der Waals surface area contributed by atoms with Gasteiger partial charge in [0.15, 0.2) is 11.6 Å². The summed E-state index contributed by atoms with van der Waals surface area (Å²) in [7, 11) is 0. The second-order valence-corrected chi connectivity index (χ2v) is 6.89. The number of hydrogen-bond donors (Lipinski definition) is 1. The lowest BCUT2D eigenvalue weighted by Gasteiger charge is -2.42. The highest BCUT2D eigenvalue weighted by Gasteiger charge is 2.40. The molecule has 4 rings (SSSR count). The average molecular weight is 356 g/mol. The third-order valence-electron chi connectivity index (χ3n) is 5.00. The predicted molar refractivity (Wildman–Crippen MR) is 84.2 cm³/mol. The summed E-state index contributed by atoms with van der Waals surface area (Å²) in [5, 5.41) is 17.0. The number of nitrogens with zero attached hydrogens (tertiary/aromatic N) is 4. The van der Waals surface area contributed by atoms with Gasteiger partial charge in [0, 0.05) is 25.6 Å². The summed E-state index contributed by atoms with van der Waals surface area (Å²) >= 11 is 0. The molecular weight excluding hydrogens is 337 g/mol. The van der Waals surface area contributed by atoms with E-state index >= 15 is 0 Å². The molecule has 2 aliphatic rings. The van der Waals surface area contributed by atoms with E-state index in [9.17, 15) is 18.3 Å². The molecule has 2 saturated heterocycles. The zero-order valence-electron chi connectivity index (χ0n) is 13.5. The number of likely N-dealkylation sites (tertiary alicyclic amines) is 1. The van der Waals surface area contributed by atoms with Crippen LogP contribution in [0.2, 0.25) is 0 Å². The summed E-state index contributed by atoms with van der Waals surface area (Å²) in [6.45, 7) is 4.78. The minimum absolute atomic E-state index is 0.221. The smallest absolute Gasteiger partial charge is 0.379 e. The number of benzene rings is 1. The topological polar surface area (TPSA) is 65.6 Å². The van der Waals surface area contributed by atoms with Crippen molar-refractivity contribution >= 4 is 16.7 Å². The number of fused-ring (bicyclic) bond motifs is 1. The number of alkyl halides is 3. The molecule has 3 heterocycles. The quantitative estimate of drug-likeness (QED) is 0.907. The van der Waals surface area contributed by atoms with Crippen LogP contribution >= 0.6 is 0 Å². The van der Waals surface area contributed by atoms with Crippen LogP contribution in [0.3, 0.4) is 0 Å². The van der Waals surface area contributed by atoms with Gasteiger partial charge in [-0.3, -0.25) is 0 Å². The average Bonchev–Trinajstić information content (AvgIpc) is 3.19. The monoisotopic (exact) mass is 356 g/mol. The van der Waals surface area contributed by atoms with Gasteiger partial charge < -0.3 is 14.9 Å². The number of aliphatic hydroxyl groups excluding tert-OH is 1. The zero-order chi connectivity index (χ0) is 17.6. The Morgan fingerprint density at radius 2 is 1.92 bits per heavy atom. The lowest BCUT2D eigenvalue weighted by molar-refractivity contribution is -0.206. The summed E-state index contributed by atoms with van der Waals surface area (Å²) in [5.41, 5.74) is 0.944. The van der Waals surface area contributed by atoms with Crippen LogP contribution in [-0.4, -0.2) is 59.2 Å². The molecule has 0 bridgehead atoms. The largest absolute Gasteiger partial charge is 0.418 e. The molecule has 0 saturated carbocycles. The Morgan fingerprint density at radius 1 is 1.20 bits per heavy atom. The van der Waals surface area contributed by atoms with Gasteiger partial charge in [0.2, 0.25) is 0 Å². The maximum Gasteiger partial charge on any atom is 0.418 e. The lowest BCUT2D eigenvalue weighted by atomic mass is 9.97. The molecule has 6 nitrogen and oxygen atoms in total. The molecule has 0 aliphatic carbocycles. The molecule has 1 atom stereocenters. The van der Waals surface area contributed by atoms with Crippen LogP contribution in [0.4, 0.5) is 18.9 Å². The van der Waals surface area contributed by atoms with E-state index in [0.717, 1.165) is 32.7 Å². The highest BCUT2D eigenvalue weighted by Crippen LogP contribution is 2.38. The molecule has 1 aromatic heterocycles. The van der Waals surface area contributed by atoms with Gasteiger partial charge in [-0.25, -0.2) is 4.63 Å². The molecule has 25 heavy (non-hydrogen) atoms. The fourth-order valence-corrected chi connectivity index (χ4v) is 3.69. The van der Waals surface area contributed by atoms with Crippen molar-refractivity contribution in [3.05, 3.63) is 17.7 Å². The summed E-state index contributed by atoms with van der Waals surface area (Å²) in [6, 6.07) is 2.52. The van der Waals surface area contributed by atoms with E-state index in [0.29, 0.717) is 17.1 Å². The minimum atomic E-state index is -4.73. The second kappa shape index (κ2) is 6.14. The summed E-state index contributed by atoms with van der Waals surface area (Å²) in [4.78, 5) is 4.40. The molecule has 136 valence electrons. The van der Waals surface area contributed by atoms with Gasteiger partial charge in [0.05, 0.1) is 5.69 Å². The van der Waals surface area contributed by atoms with E-state index in [4.69, 9.17) is 0 Å². The van der Waals surface area contributed by atoms with Crippen LogP contribution in [0.1, 0.15) is 24.5 Å². The molecule has 2 aliphatic heterocycles. The third-order valence-corrected chi connectivity index (χ3v) is 5.00. The van der Waals surface area contributed by atoms with Crippen molar-refractivity contribution < 1.29 is 22.9 Å². The maximum atomic E-state index is 12.9. The van der Waals surface area contributed by atoms with Crippen molar-refractivity contribution in [3.8, 4) is 0 Å². The standard InChI is InChI=1S/C16H19F3N4O2/c17-16(18,19)15(24)11-5-12-14(21-25-20-12)13(6-11)23-8-10(9-23)7-22-3-1-2-4-22/h5-6,10,15,24H,1-4,7-9H2. The minimum Gasteiger partial charge on any atom is -0.379 e. The Hall–Kier alpha value is -1.87. The van der Waals surface area contributed by atoms with Crippen molar-refractivity contribution in [2.75, 3.05) is 37.6 Å². The van der Waals surface area contributed by atoms with E-state index in [1.807, 2.05) is 4.90 Å². The molecule has 0 spiro atoms. The van der Waals surface area contributed by atoms with Crippen molar-refractivity contribution in [2.45, 2.75) is 25.1 Å². The van der Waals surface area contributed by atoms with E-state index in [1.54, 1.807) is 0 Å². The first-order chi connectivity index (χ1) is 11.9. The molecule has 0 radical (unpaired) electrons. The SMILES string of the molecule is OC(c1cc(N2CC(CN3CCCC3)C2)c2nonc2c1)C(F)(F)F. The van der Waals surface area contributed by atoms with Crippen molar-refractivity contribution in [3.63, 3.8) is 0 Å². The maximum absolute atomic E-state index is 12.9. The van der Waals surface area contributed by atoms with Crippen molar-refractivity contribution in [2.24, 2.45) is 5.92 Å². The molecule has 1 unspecified atom stereocenters. The number of rotatable bonds is 4. The van der Waals surface area contributed by atoms with Crippen LogP contribution in [0, 0.1) is 5.92 Å². The first-order valence-corrected chi connectivity index (χ1v) is 8.40. The highest BCUT2D eigenvalue weighted by molar-refractivity contribution is 5.89. The summed E-state index contributed by atoms with van der Waals surface area (Å²) in [5.74, 6) is 0.490. The predicted octanol–water partition coefficient (Wildman–Crippen LogP) is 2.35. The molecular formula is C16H19F3N4O2. The second-order valence-electron chi connectivity index (χ2n) is 6.89. The molecule has 1 N–H and O–H groups in total. The normalized spacial score (nSPS) is 21.0. The van der Waals surface area contributed by atoms with Crippen LogP contribution in [0.15, 0.2) is 16.8 Å². The fraction of sp³-hybridized carbons (Fsp3) is 0.625. The van der Waals surface area contributed by atoms with Gasteiger partial charge in [-0.2, -0.15) is 13.2 Å². The highest BCUT2D eigenvalue weighted by atomic mass is 19.4. The van der Waals surface area contributed by atoms with Gasteiger partial charge in [-0.1, -0.05) is 0 Å². The third kappa shape index (κ3) is 3.18. The van der Waals surface area contributed by atoms with Crippen LogP contribution in [0.25, 0.3) is 11.0 Å². The Bertz CT molecular complexity index is 751. The van der Waals surface area contributed by atoms with Gasteiger partial charge in [-0.15, -0.1) is 0 Å². The number of anilines is 1. The van der Waals surface area contributed by atoms with E-state index in [2.05, 4.69) is 19.8 Å². The number of halogens is 3. The lowest BCUT2D eigenvalue weighted by Crippen LogP contribution is -2.51. The summed E-state index contributed by atoms with van der Waals surface area (Å²) in [6.07, 6.45) is -4.80. The summed E-state index contributed by atoms with van der Waals surface area (Å²) < 4.78 is 43.2. The molecule has 2 fully saturated rings. The van der Waals surface area contributed by atoms with Crippen LogP contribution in [-0.2, 0) is 0 Å². The Kier molecular flexibility index (Phi) is 4.07. The van der Waals surface area contributed by atoms with Crippen molar-refractivity contribution in [1.29, 1.82) is 0 Å². The van der Waals surface area contributed by atoms with Gasteiger partial charge in [0.1, 0.15) is 5.52 Å². The first-order valence-electron chi connectivity index (χ1n) is 8.40. The van der Waals surface area contributed by atoms with Gasteiger partial charge >= 0.3 is 6.18 Å². The fourth-order valence-electron chi connectivity index (χ4n) is 3.69. The Morgan fingerprint density at radius 3 is 2.60 bits per heavy atom. The molecule has 0 amide bonds. The van der Waals surface area contributed by atoms with Crippen LogP contribution < -0.4 is 4.90 Å². The first kappa shape index (κ1) is 16.6. The van der Waals surface area contributed by atoms with Gasteiger partial charge in [0.25, 0.3) is 0 Å².